The van der Waals surface area contributed by atoms with E-state index in [1.54, 1.807) is 6.92 Å². The van der Waals surface area contributed by atoms with E-state index in [0.717, 1.165) is 54.9 Å². The number of nitrogens with zero attached hydrogens (tertiary/aromatic N) is 3. The quantitative estimate of drug-likeness (QED) is 0.560. The molecule has 7 heteroatoms. The summed E-state index contributed by atoms with van der Waals surface area (Å²) >= 11 is 7.54. The van der Waals surface area contributed by atoms with Gasteiger partial charge < -0.3 is 9.64 Å². The Balaban J connectivity index is 1.17. The molecule has 2 aliphatic rings. The summed E-state index contributed by atoms with van der Waals surface area (Å²) < 4.78 is 6.96. The molecule has 1 aromatic heterocycles. The highest BCUT2D eigenvalue weighted by Gasteiger charge is 2.40. The van der Waals surface area contributed by atoms with Gasteiger partial charge in [0.15, 0.2) is 0 Å². The van der Waals surface area contributed by atoms with Crippen LogP contribution in [0.15, 0.2) is 42.5 Å². The third-order valence-corrected chi connectivity index (χ3v) is 7.23. The number of hydrogen-bond donors (Lipinski definition) is 0. The van der Waals surface area contributed by atoms with E-state index in [0.29, 0.717) is 22.3 Å². The zero-order valence-corrected chi connectivity index (χ0v) is 18.5. The number of fused-ring (bicyclic) bond motifs is 3. The van der Waals surface area contributed by atoms with Gasteiger partial charge in [-0.15, -0.1) is 0 Å². The summed E-state index contributed by atoms with van der Waals surface area (Å²) in [5, 5.41) is 1.33. The third kappa shape index (κ3) is 4.04. The molecule has 2 atom stereocenters. The molecule has 2 aromatic carbocycles. The third-order valence-electron chi connectivity index (χ3n) is 6.10. The van der Waals surface area contributed by atoms with Gasteiger partial charge in [-0.1, -0.05) is 35.1 Å². The van der Waals surface area contributed by atoms with E-state index in [9.17, 15) is 4.79 Å². The Morgan fingerprint density at radius 1 is 1.17 bits per heavy atom. The fourth-order valence-electron chi connectivity index (χ4n) is 4.72. The molecular formula is C23H24ClN3O2S. The highest BCUT2D eigenvalue weighted by atomic mass is 35.5. The summed E-state index contributed by atoms with van der Waals surface area (Å²) in [6, 6.07) is 14.7. The van der Waals surface area contributed by atoms with E-state index >= 15 is 0 Å². The molecule has 2 aliphatic heterocycles. The van der Waals surface area contributed by atoms with Crippen molar-refractivity contribution in [2.75, 3.05) is 19.6 Å². The van der Waals surface area contributed by atoms with Crippen LogP contribution in [0.4, 0.5) is 0 Å². The van der Waals surface area contributed by atoms with Crippen molar-refractivity contribution in [3.63, 3.8) is 0 Å². The van der Waals surface area contributed by atoms with Gasteiger partial charge in [-0.25, -0.2) is 4.98 Å². The molecule has 3 aromatic rings. The van der Waals surface area contributed by atoms with Gasteiger partial charge in [0.2, 0.25) is 5.91 Å². The molecule has 156 valence electrons. The first-order chi connectivity index (χ1) is 14.5. The molecule has 0 spiro atoms. The smallest absolute Gasteiger partial charge is 0.279 e. The molecule has 0 N–H and O–H groups in total. The first-order valence-corrected chi connectivity index (χ1v) is 11.6. The minimum Gasteiger partial charge on any atom is -0.431 e. The summed E-state index contributed by atoms with van der Waals surface area (Å²) in [4.78, 5) is 21.0. The van der Waals surface area contributed by atoms with Gasteiger partial charge in [0.25, 0.3) is 5.19 Å². The van der Waals surface area contributed by atoms with Crippen molar-refractivity contribution in [1.82, 2.24) is 14.8 Å². The second kappa shape index (κ2) is 8.17. The average Bonchev–Trinajstić information content (AvgIpc) is 3.24. The van der Waals surface area contributed by atoms with Gasteiger partial charge in [0.1, 0.15) is 5.75 Å². The zero-order valence-electron chi connectivity index (χ0n) is 16.9. The van der Waals surface area contributed by atoms with Gasteiger partial charge in [0.05, 0.1) is 10.2 Å². The number of piperazine rings is 1. The molecular weight excluding hydrogens is 418 g/mol. The van der Waals surface area contributed by atoms with Crippen LogP contribution in [0.5, 0.6) is 10.9 Å². The molecule has 30 heavy (non-hydrogen) atoms. The summed E-state index contributed by atoms with van der Waals surface area (Å²) in [7, 11) is 0. The van der Waals surface area contributed by atoms with Crippen molar-refractivity contribution in [3.8, 4) is 10.9 Å². The van der Waals surface area contributed by atoms with Crippen molar-refractivity contribution in [1.29, 1.82) is 0 Å². The molecule has 2 fully saturated rings. The normalized spacial score (nSPS) is 21.3. The Labute approximate surface area is 185 Å². The van der Waals surface area contributed by atoms with Crippen molar-refractivity contribution >= 4 is 39.1 Å². The van der Waals surface area contributed by atoms with Crippen LogP contribution in [-0.4, -0.2) is 52.4 Å². The molecule has 1 amide bonds. The average molecular weight is 442 g/mol. The van der Waals surface area contributed by atoms with Crippen LogP contribution in [0.25, 0.3) is 10.2 Å². The monoisotopic (exact) mass is 441 g/mol. The van der Waals surface area contributed by atoms with Crippen LogP contribution in [0.3, 0.4) is 0 Å². The Kier molecular flexibility index (Phi) is 5.39. The van der Waals surface area contributed by atoms with E-state index in [1.807, 2.05) is 30.3 Å². The van der Waals surface area contributed by atoms with Crippen molar-refractivity contribution in [2.24, 2.45) is 0 Å². The van der Waals surface area contributed by atoms with Crippen LogP contribution in [0.1, 0.15) is 25.3 Å². The van der Waals surface area contributed by atoms with Crippen LogP contribution < -0.4 is 4.74 Å². The number of halogens is 1. The number of ether oxygens (including phenoxy) is 1. The summed E-state index contributed by atoms with van der Waals surface area (Å²) in [5.41, 5.74) is 2.19. The van der Waals surface area contributed by atoms with E-state index < -0.39 is 0 Å². The molecule has 2 bridgehead atoms. The fourth-order valence-corrected chi connectivity index (χ4v) is 5.83. The lowest BCUT2D eigenvalue weighted by molar-refractivity contribution is -0.134. The van der Waals surface area contributed by atoms with E-state index in [-0.39, 0.29) is 5.91 Å². The highest BCUT2D eigenvalue weighted by molar-refractivity contribution is 7.20. The lowest BCUT2D eigenvalue weighted by Crippen LogP contribution is -2.55. The lowest BCUT2D eigenvalue weighted by atomic mass is 10.1. The van der Waals surface area contributed by atoms with Gasteiger partial charge >= 0.3 is 0 Å². The van der Waals surface area contributed by atoms with Crippen molar-refractivity contribution < 1.29 is 9.53 Å². The highest BCUT2D eigenvalue weighted by Crippen LogP contribution is 2.33. The number of rotatable bonds is 5. The molecule has 0 saturated carbocycles. The van der Waals surface area contributed by atoms with E-state index in [4.69, 9.17) is 16.3 Å². The first-order valence-electron chi connectivity index (χ1n) is 10.4. The Morgan fingerprint density at radius 2 is 1.90 bits per heavy atom. The van der Waals surface area contributed by atoms with Crippen LogP contribution in [-0.2, 0) is 11.2 Å². The van der Waals surface area contributed by atoms with Crippen LogP contribution >= 0.6 is 22.9 Å². The molecule has 0 aliphatic carbocycles. The maximum absolute atomic E-state index is 11.9. The Hall–Kier alpha value is -2.15. The van der Waals surface area contributed by atoms with E-state index in [1.165, 1.54) is 16.9 Å². The summed E-state index contributed by atoms with van der Waals surface area (Å²) in [6.07, 6.45) is 3.29. The van der Waals surface area contributed by atoms with Crippen molar-refractivity contribution in [3.05, 3.63) is 53.1 Å². The van der Waals surface area contributed by atoms with Gasteiger partial charge in [0, 0.05) is 43.7 Å². The molecule has 3 heterocycles. The molecule has 0 radical (unpaired) electrons. The largest absolute Gasteiger partial charge is 0.431 e. The molecule has 5 nitrogen and oxygen atoms in total. The summed E-state index contributed by atoms with van der Waals surface area (Å²) in [5.74, 6) is 1.02. The topological polar surface area (TPSA) is 45.7 Å². The molecule has 2 unspecified atom stereocenters. The zero-order chi connectivity index (χ0) is 20.7. The second-order valence-electron chi connectivity index (χ2n) is 8.16. The SMILES string of the molecule is CC(=O)N1C2CCC1CN(CCc1ccc(Oc3nc4ccc(Cl)cc4s3)cc1)C2. The number of amides is 1. The molecule has 2 saturated heterocycles. The molecule has 5 rings (SSSR count). The van der Waals surface area contributed by atoms with Crippen LogP contribution in [0.2, 0.25) is 5.02 Å². The lowest BCUT2D eigenvalue weighted by Gasteiger charge is -2.40. The minimum atomic E-state index is 0.231. The number of carbonyl (C=O) groups excluding carboxylic acids is 1. The number of benzene rings is 2. The fraction of sp³-hybridized carbons (Fsp3) is 0.391. The Bertz CT molecular complexity index is 1050. The minimum absolute atomic E-state index is 0.231. The van der Waals surface area contributed by atoms with Gasteiger partial charge in [-0.2, -0.15) is 0 Å². The van der Waals surface area contributed by atoms with Crippen LogP contribution in [0, 0.1) is 0 Å². The second-order valence-corrected chi connectivity index (χ2v) is 9.59. The number of carbonyl (C=O) groups is 1. The standard InChI is InChI=1S/C23H24ClN3O2S/c1-15(28)27-18-5-6-19(27)14-26(13-18)11-10-16-2-7-20(8-3-16)29-23-25-21-9-4-17(24)12-22(21)30-23/h2-4,7-9,12,18-19H,5-6,10-11,13-14H2,1H3. The van der Waals surface area contributed by atoms with Gasteiger partial charge in [-0.3, -0.25) is 9.69 Å². The summed E-state index contributed by atoms with van der Waals surface area (Å²) in [6.45, 7) is 4.73. The Morgan fingerprint density at radius 3 is 2.60 bits per heavy atom. The van der Waals surface area contributed by atoms with Gasteiger partial charge in [-0.05, 0) is 55.2 Å². The van der Waals surface area contributed by atoms with Crippen molar-refractivity contribution in [2.45, 2.75) is 38.3 Å². The number of hydrogen-bond acceptors (Lipinski definition) is 5. The van der Waals surface area contributed by atoms with E-state index in [2.05, 4.69) is 26.9 Å². The first kappa shape index (κ1) is 19.8. The number of thiazole rings is 1. The predicted octanol–water partition coefficient (Wildman–Crippen LogP) is 4.98. The predicted molar refractivity (Wildman–Crippen MR) is 121 cm³/mol. The maximum atomic E-state index is 11.9. The number of aromatic nitrogens is 1. The maximum Gasteiger partial charge on any atom is 0.279 e. The number of likely N-dealkylation sites (tertiary alicyclic amines) is 1.